The number of carboxylic acid groups (broad SMARTS) is 5. The van der Waals surface area contributed by atoms with Gasteiger partial charge in [-0.1, -0.05) is 30.3 Å². The summed E-state index contributed by atoms with van der Waals surface area (Å²) in [7, 11) is 0. The van der Waals surface area contributed by atoms with Crippen LogP contribution in [0.5, 0.6) is 0 Å². The Bertz CT molecular complexity index is 3230. The molecule has 1 saturated heterocycles. The second-order valence-corrected chi connectivity index (χ2v) is 23.7. The van der Waals surface area contributed by atoms with Crippen molar-refractivity contribution >= 4 is 125 Å². The van der Waals surface area contributed by atoms with Gasteiger partial charge in [0, 0.05) is 44.5 Å². The molecule has 13 amide bonds. The number of rotatable bonds is 46. The number of carbonyl (C=O) groups excluding carboxylic acids is 13. The second-order valence-electron chi connectivity index (χ2n) is 23.4. The number of carboxylic acids is 5. The molecule has 1 aromatic carbocycles. The van der Waals surface area contributed by atoms with Crippen LogP contribution in [-0.4, -0.2) is 263 Å². The van der Waals surface area contributed by atoms with Crippen LogP contribution in [0.15, 0.2) is 35.3 Å². The Balaban J connectivity index is 2.27. The average molecular weight is 1470 g/mol. The van der Waals surface area contributed by atoms with Gasteiger partial charge in [-0.2, -0.15) is 12.6 Å². The highest BCUT2D eigenvalue weighted by molar-refractivity contribution is 7.80. The van der Waals surface area contributed by atoms with Gasteiger partial charge >= 0.3 is 29.8 Å². The Morgan fingerprint density at radius 1 is 0.520 bits per heavy atom. The fraction of sp³-hybridized carbons (Fsp3) is 0.576. The number of likely N-dealkylation sites (tertiary alicyclic amines) is 1. The van der Waals surface area contributed by atoms with E-state index in [0.717, 1.165) is 25.7 Å². The number of nitrogens with two attached hydrogens (primary N) is 4. The zero-order valence-corrected chi connectivity index (χ0v) is 56.5. The smallest absolute Gasteiger partial charge is 0.326 e. The van der Waals surface area contributed by atoms with Gasteiger partial charge in [-0.05, 0) is 71.3 Å². The average Bonchev–Trinajstić information content (AvgIpc) is 1.61. The van der Waals surface area contributed by atoms with Gasteiger partial charge in [0.25, 0.3) is 0 Å². The maximum atomic E-state index is 14.1. The molecule has 0 saturated carbocycles. The number of aliphatic hydroxyl groups excluding tert-OH is 2. The van der Waals surface area contributed by atoms with Crippen molar-refractivity contribution in [2.75, 3.05) is 25.4 Å². The van der Waals surface area contributed by atoms with E-state index in [9.17, 15) is 117 Å². The van der Waals surface area contributed by atoms with Crippen LogP contribution in [0.1, 0.15) is 103 Å². The normalized spacial score (nSPS) is 16.2. The Kier molecular flexibility index (Phi) is 37.3. The molecule has 42 nitrogen and oxygen atoms in total. The number of hydrogen-bond acceptors (Lipinski definition) is 23. The van der Waals surface area contributed by atoms with Crippen molar-refractivity contribution in [1.82, 2.24) is 63.4 Å². The third-order valence-corrected chi connectivity index (χ3v) is 15.5. The number of nitrogens with zero attached hydrogens (tertiary/aromatic N) is 2. The number of aliphatic carboxylic acids is 5. The van der Waals surface area contributed by atoms with Gasteiger partial charge in [0.2, 0.25) is 76.8 Å². The predicted octanol–water partition coefficient (Wildman–Crippen LogP) is -9.69. The second kappa shape index (κ2) is 43.7. The molecule has 0 bridgehead atoms. The Hall–Kier alpha value is -10.8. The molecular formula is C59H89N17O25S. The van der Waals surface area contributed by atoms with E-state index in [1.165, 1.54) is 12.1 Å². The Labute approximate surface area is 586 Å². The van der Waals surface area contributed by atoms with Crippen molar-refractivity contribution in [1.29, 1.82) is 0 Å². The van der Waals surface area contributed by atoms with Gasteiger partial charge in [0.1, 0.15) is 72.5 Å². The molecule has 26 N–H and O–H groups in total. The standard InChI is InChI=1S/C59H89N17O25S/c1-26(65-49(91)32(15-18-42(82)83)68-53(95)37(24-77)73-48(90)30(60)13-17-41(80)81)46(88)72-36(23-44(86)87)57(99)76-20-8-12-39(76)55(97)66-27(2)47(89)75-45(28(3)78)56(98)74-38(25-102)54(96)71-35(22-43(84)85)52(94)70-34(21-29-9-5-4-6-10-29)51(93)67-31(14-16-40(61)79)50(92)69-33(58(100)101)11-7-19-64-59(62)63/h4-6,9-10,26-28,30-39,45,77-78,102H,7-8,11-25,60H2,1-3H3,(H2,61,79)(H,65,91)(H,66,97)(H,67,93)(H,68,95)(H,69,92)(H,70,94)(H,71,96)(H,72,88)(H,73,90)(H,74,98)(H,75,89)(H,80,81)(H,82,83)(H,84,85)(H,86,87)(H,100,101)(H4,62,63,64)/t26-,27-,28+,30-,31-,32-,33-,34-,35-,36-,37-,38-,39-,45-/m0/s1. The summed E-state index contributed by atoms with van der Waals surface area (Å²) in [5.41, 5.74) is 22.0. The molecule has 0 spiro atoms. The first kappa shape index (κ1) is 87.3. The van der Waals surface area contributed by atoms with Crippen LogP contribution in [0, 0.1) is 0 Å². The zero-order valence-electron chi connectivity index (χ0n) is 55.6. The van der Waals surface area contributed by atoms with E-state index in [-0.39, 0.29) is 57.6 Å². The van der Waals surface area contributed by atoms with E-state index in [2.05, 4.69) is 76.1 Å². The maximum Gasteiger partial charge on any atom is 0.326 e. The molecular weight excluding hydrogens is 1380 g/mol. The number of aliphatic imine (C=N–C) groups is 1. The van der Waals surface area contributed by atoms with Crippen LogP contribution in [0.25, 0.3) is 0 Å². The molecule has 1 aromatic rings. The van der Waals surface area contributed by atoms with Crippen LogP contribution in [0.4, 0.5) is 0 Å². The van der Waals surface area contributed by atoms with Crippen molar-refractivity contribution in [3.8, 4) is 0 Å². The first-order valence-corrected chi connectivity index (χ1v) is 32.2. The molecule has 14 atom stereocenters. The molecule has 1 fully saturated rings. The number of thiol groups is 1. The summed E-state index contributed by atoms with van der Waals surface area (Å²) in [4.78, 5) is 239. The number of carbonyl (C=O) groups is 18. The molecule has 2 rings (SSSR count). The van der Waals surface area contributed by atoms with E-state index in [1.807, 2.05) is 0 Å². The van der Waals surface area contributed by atoms with Gasteiger partial charge < -0.3 is 122 Å². The largest absolute Gasteiger partial charge is 0.481 e. The first-order chi connectivity index (χ1) is 47.8. The summed E-state index contributed by atoms with van der Waals surface area (Å²) in [6.45, 7) is 1.89. The van der Waals surface area contributed by atoms with Gasteiger partial charge in [0.15, 0.2) is 5.96 Å². The molecule has 0 aromatic heterocycles. The van der Waals surface area contributed by atoms with Crippen LogP contribution in [0.2, 0.25) is 0 Å². The van der Waals surface area contributed by atoms with Crippen molar-refractivity contribution in [3.63, 3.8) is 0 Å². The number of primary amides is 1. The van der Waals surface area contributed by atoms with E-state index in [1.54, 1.807) is 18.2 Å². The van der Waals surface area contributed by atoms with Crippen LogP contribution in [-0.2, 0) is 92.7 Å². The predicted molar refractivity (Wildman–Crippen MR) is 352 cm³/mol. The number of benzene rings is 1. The van der Waals surface area contributed by atoms with Crippen LogP contribution >= 0.6 is 12.6 Å². The molecule has 1 aliphatic rings. The van der Waals surface area contributed by atoms with Crippen molar-refractivity contribution in [3.05, 3.63) is 35.9 Å². The van der Waals surface area contributed by atoms with Crippen LogP contribution in [0.3, 0.4) is 0 Å². The van der Waals surface area contributed by atoms with Crippen LogP contribution < -0.4 is 81.4 Å². The highest BCUT2D eigenvalue weighted by Gasteiger charge is 2.42. The van der Waals surface area contributed by atoms with E-state index in [0.29, 0.717) is 5.56 Å². The SMILES string of the molecule is C[C@H](NC(=O)[C@H](CCC(=O)O)NC(=O)[C@H](CO)NC(=O)[C@@H](N)CCC(=O)O)C(=O)N[C@@H](CC(=O)O)C(=O)N1CCC[C@H]1C(=O)N[C@@H](C)C(=O)N[C@H](C(=O)N[C@@H](CS)C(=O)N[C@@H](CC(=O)O)C(=O)N[C@@H](Cc1ccccc1)C(=O)N[C@@H](CCC(N)=O)C(=O)N[C@@H](CCCN=C(N)N)C(=O)O)[C@@H](C)O. The molecule has 102 heavy (non-hydrogen) atoms. The lowest BCUT2D eigenvalue weighted by Crippen LogP contribution is -2.62. The van der Waals surface area contributed by atoms with Crippen molar-refractivity contribution in [2.45, 2.75) is 189 Å². The molecule has 0 aliphatic carbocycles. The highest BCUT2D eigenvalue weighted by Crippen LogP contribution is 2.20. The monoisotopic (exact) mass is 1470 g/mol. The summed E-state index contributed by atoms with van der Waals surface area (Å²) < 4.78 is 0. The quantitative estimate of drug-likeness (QED) is 0.0125. The molecule has 0 radical (unpaired) electrons. The molecule has 43 heteroatoms. The third kappa shape index (κ3) is 31.2. The Morgan fingerprint density at radius 3 is 1.52 bits per heavy atom. The number of guanidine groups is 1. The molecule has 1 aliphatic heterocycles. The summed E-state index contributed by atoms with van der Waals surface area (Å²) in [6, 6.07) is -14.6. The zero-order chi connectivity index (χ0) is 77.2. The first-order valence-electron chi connectivity index (χ1n) is 31.6. The molecule has 1 heterocycles. The fourth-order valence-corrected chi connectivity index (χ4v) is 9.87. The van der Waals surface area contributed by atoms with E-state index < -0.39 is 249 Å². The highest BCUT2D eigenvalue weighted by atomic mass is 32.1. The summed E-state index contributed by atoms with van der Waals surface area (Å²) in [5.74, 6) is -23.5. The van der Waals surface area contributed by atoms with Gasteiger partial charge in [-0.15, -0.1) is 0 Å². The van der Waals surface area contributed by atoms with Gasteiger partial charge in [0.05, 0.1) is 31.6 Å². The lowest BCUT2D eigenvalue weighted by Gasteiger charge is -2.30. The van der Waals surface area contributed by atoms with Crippen molar-refractivity contribution < 1.29 is 122 Å². The summed E-state index contributed by atoms with van der Waals surface area (Å²) in [6.07, 6.45) is -7.80. The lowest BCUT2D eigenvalue weighted by atomic mass is 10.0. The number of amides is 13. The minimum Gasteiger partial charge on any atom is -0.481 e. The van der Waals surface area contributed by atoms with E-state index in [4.69, 9.17) is 28.0 Å². The molecule has 566 valence electrons. The minimum absolute atomic E-state index is 0.0120. The topological polar surface area (TPSA) is 701 Å². The Morgan fingerprint density at radius 2 is 0.980 bits per heavy atom. The number of nitrogens with one attached hydrogen (secondary N) is 11. The van der Waals surface area contributed by atoms with Gasteiger partial charge in [-0.25, -0.2) is 4.79 Å². The lowest BCUT2D eigenvalue weighted by molar-refractivity contribution is -0.146. The van der Waals surface area contributed by atoms with Gasteiger partial charge in [-0.3, -0.25) is 86.5 Å². The summed E-state index contributed by atoms with van der Waals surface area (Å²) >= 11 is 4.10. The van der Waals surface area contributed by atoms with Crippen molar-refractivity contribution in [2.24, 2.45) is 27.9 Å². The minimum atomic E-state index is -2.05. The number of hydrogen-bond donors (Lipinski definition) is 23. The van der Waals surface area contributed by atoms with E-state index >= 15 is 0 Å². The number of aliphatic hydroxyl groups is 2. The summed E-state index contributed by atoms with van der Waals surface area (Å²) in [5, 5.41) is 92.6. The maximum absolute atomic E-state index is 14.1. The third-order valence-electron chi connectivity index (χ3n) is 15.1. The molecule has 0 unspecified atom stereocenters. The fourth-order valence-electron chi connectivity index (χ4n) is 9.61.